The Labute approximate surface area is 113 Å². The summed E-state index contributed by atoms with van der Waals surface area (Å²) in [4.78, 5) is 8.21. The largest absolute Gasteiger partial charge is 0.235 e. The van der Waals surface area contributed by atoms with Gasteiger partial charge in [0, 0.05) is 9.86 Å². The SMILES string of the molecule is Clc1c(Br)ccc2c1sc1c(Cl)ncnc12. The number of nitrogens with zero attached hydrogens (tertiary/aromatic N) is 2. The molecule has 2 aromatic heterocycles. The summed E-state index contributed by atoms with van der Waals surface area (Å²) in [5, 5.41) is 2.17. The van der Waals surface area contributed by atoms with Crippen molar-refractivity contribution in [2.75, 3.05) is 0 Å². The molecule has 80 valence electrons. The highest BCUT2D eigenvalue weighted by Gasteiger charge is 2.13. The first-order chi connectivity index (χ1) is 7.68. The van der Waals surface area contributed by atoms with Gasteiger partial charge in [-0.2, -0.15) is 0 Å². The van der Waals surface area contributed by atoms with E-state index < -0.39 is 0 Å². The van der Waals surface area contributed by atoms with Gasteiger partial charge in [-0.15, -0.1) is 11.3 Å². The van der Waals surface area contributed by atoms with E-state index in [0.29, 0.717) is 10.2 Å². The van der Waals surface area contributed by atoms with Gasteiger partial charge in [-0.25, -0.2) is 9.97 Å². The molecular formula is C10H3BrCl2N2S. The van der Waals surface area contributed by atoms with Crippen molar-refractivity contribution in [3.8, 4) is 0 Å². The third-order valence-electron chi connectivity index (χ3n) is 2.27. The number of thiophene rings is 1. The quantitative estimate of drug-likeness (QED) is 0.546. The lowest BCUT2D eigenvalue weighted by atomic mass is 10.2. The molecule has 2 nitrogen and oxygen atoms in total. The molecule has 16 heavy (non-hydrogen) atoms. The van der Waals surface area contributed by atoms with Gasteiger partial charge in [0.25, 0.3) is 0 Å². The van der Waals surface area contributed by atoms with Gasteiger partial charge in [-0.3, -0.25) is 0 Å². The average molecular weight is 334 g/mol. The van der Waals surface area contributed by atoms with Crippen LogP contribution in [0.25, 0.3) is 20.3 Å². The summed E-state index contributed by atoms with van der Waals surface area (Å²) in [5.41, 5.74) is 0.856. The Morgan fingerprint density at radius 3 is 2.75 bits per heavy atom. The van der Waals surface area contributed by atoms with Crippen LogP contribution in [0.3, 0.4) is 0 Å². The van der Waals surface area contributed by atoms with Crippen LogP contribution in [0.2, 0.25) is 10.2 Å². The maximum atomic E-state index is 6.22. The smallest absolute Gasteiger partial charge is 0.150 e. The van der Waals surface area contributed by atoms with E-state index in [9.17, 15) is 0 Å². The fourth-order valence-electron chi connectivity index (χ4n) is 1.55. The highest BCUT2D eigenvalue weighted by atomic mass is 79.9. The van der Waals surface area contributed by atoms with Crippen molar-refractivity contribution in [3.63, 3.8) is 0 Å². The molecule has 3 aromatic rings. The van der Waals surface area contributed by atoms with Gasteiger partial charge >= 0.3 is 0 Å². The van der Waals surface area contributed by atoms with Crippen molar-refractivity contribution in [1.82, 2.24) is 9.97 Å². The molecule has 0 aliphatic heterocycles. The summed E-state index contributed by atoms with van der Waals surface area (Å²) < 4.78 is 2.73. The summed E-state index contributed by atoms with van der Waals surface area (Å²) in [6.45, 7) is 0. The maximum absolute atomic E-state index is 6.22. The second-order valence-corrected chi connectivity index (χ2v) is 5.79. The second kappa shape index (κ2) is 3.81. The molecule has 0 saturated carbocycles. The number of benzene rings is 1. The molecule has 0 saturated heterocycles. The van der Waals surface area contributed by atoms with Crippen molar-refractivity contribution in [3.05, 3.63) is 33.1 Å². The molecule has 1 aromatic carbocycles. The van der Waals surface area contributed by atoms with E-state index in [1.165, 1.54) is 17.7 Å². The lowest BCUT2D eigenvalue weighted by Crippen LogP contribution is -1.78. The molecular weight excluding hydrogens is 331 g/mol. The summed E-state index contributed by atoms with van der Waals surface area (Å²) in [7, 11) is 0. The molecule has 0 amide bonds. The molecule has 0 N–H and O–H groups in total. The lowest BCUT2D eigenvalue weighted by Gasteiger charge is -1.96. The van der Waals surface area contributed by atoms with Crippen molar-refractivity contribution in [1.29, 1.82) is 0 Å². The Balaban J connectivity index is 2.60. The van der Waals surface area contributed by atoms with Crippen molar-refractivity contribution < 1.29 is 0 Å². The first-order valence-corrected chi connectivity index (χ1v) is 6.71. The molecule has 0 radical (unpaired) electrons. The molecule has 2 heterocycles. The van der Waals surface area contributed by atoms with Crippen LogP contribution in [0, 0.1) is 0 Å². The minimum atomic E-state index is 0.471. The van der Waals surface area contributed by atoms with E-state index in [2.05, 4.69) is 25.9 Å². The van der Waals surface area contributed by atoms with E-state index in [1.807, 2.05) is 12.1 Å². The molecule has 0 fully saturated rings. The van der Waals surface area contributed by atoms with Gasteiger partial charge in [0.1, 0.15) is 11.5 Å². The van der Waals surface area contributed by atoms with Crippen molar-refractivity contribution >= 4 is 70.8 Å². The third kappa shape index (κ3) is 1.44. The maximum Gasteiger partial charge on any atom is 0.150 e. The molecule has 3 rings (SSSR count). The first kappa shape index (κ1) is 10.7. The molecule has 0 aliphatic rings. The van der Waals surface area contributed by atoms with Crippen LogP contribution in [-0.4, -0.2) is 9.97 Å². The van der Waals surface area contributed by atoms with E-state index in [-0.39, 0.29) is 0 Å². The highest BCUT2D eigenvalue weighted by Crippen LogP contribution is 2.41. The topological polar surface area (TPSA) is 25.8 Å². The predicted molar refractivity (Wildman–Crippen MR) is 72.6 cm³/mol. The van der Waals surface area contributed by atoms with Crippen LogP contribution in [-0.2, 0) is 0 Å². The van der Waals surface area contributed by atoms with Crippen LogP contribution in [0.5, 0.6) is 0 Å². The minimum Gasteiger partial charge on any atom is -0.235 e. The molecule has 0 aliphatic carbocycles. The van der Waals surface area contributed by atoms with Gasteiger partial charge in [0.2, 0.25) is 0 Å². The Morgan fingerprint density at radius 2 is 1.94 bits per heavy atom. The van der Waals surface area contributed by atoms with Crippen molar-refractivity contribution in [2.45, 2.75) is 0 Å². The monoisotopic (exact) mass is 332 g/mol. The predicted octanol–water partition coefficient (Wildman–Crippen LogP) is 4.91. The summed E-state index contributed by atoms with van der Waals surface area (Å²) in [5.74, 6) is 0. The zero-order valence-corrected chi connectivity index (χ0v) is 11.6. The molecule has 0 unspecified atom stereocenters. The van der Waals surface area contributed by atoms with Crippen LogP contribution >= 0.6 is 50.5 Å². The number of rotatable bonds is 0. The number of hydrogen-bond donors (Lipinski definition) is 0. The van der Waals surface area contributed by atoms with Gasteiger partial charge in [-0.05, 0) is 22.0 Å². The third-order valence-corrected chi connectivity index (χ3v) is 5.28. The van der Waals surface area contributed by atoms with Gasteiger partial charge in [-0.1, -0.05) is 29.3 Å². The summed E-state index contributed by atoms with van der Waals surface area (Å²) in [6.07, 6.45) is 1.47. The Morgan fingerprint density at radius 1 is 1.12 bits per heavy atom. The Hall–Kier alpha value is -0.420. The van der Waals surface area contributed by atoms with Crippen LogP contribution in [0.15, 0.2) is 22.9 Å². The lowest BCUT2D eigenvalue weighted by molar-refractivity contribution is 1.23. The van der Waals surface area contributed by atoms with E-state index in [0.717, 1.165) is 24.8 Å². The Bertz CT molecular complexity index is 711. The summed E-state index contributed by atoms with van der Waals surface area (Å²) in [6, 6.07) is 3.89. The number of halogens is 3. The Kier molecular flexibility index (Phi) is 2.55. The van der Waals surface area contributed by atoms with Gasteiger partial charge < -0.3 is 0 Å². The summed E-state index contributed by atoms with van der Waals surface area (Å²) >= 11 is 17.2. The highest BCUT2D eigenvalue weighted by molar-refractivity contribution is 9.10. The van der Waals surface area contributed by atoms with Crippen LogP contribution < -0.4 is 0 Å². The van der Waals surface area contributed by atoms with E-state index >= 15 is 0 Å². The molecule has 0 bridgehead atoms. The molecule has 0 spiro atoms. The first-order valence-electron chi connectivity index (χ1n) is 4.35. The fraction of sp³-hybridized carbons (Fsp3) is 0. The van der Waals surface area contributed by atoms with Gasteiger partial charge in [0.05, 0.1) is 19.9 Å². The molecule has 0 atom stereocenters. The van der Waals surface area contributed by atoms with Crippen LogP contribution in [0.4, 0.5) is 0 Å². The standard InChI is InChI=1S/C10H3BrCl2N2S/c11-5-2-1-4-7-9(10(13)15-3-14-7)16-8(4)6(5)12/h1-3H. The zero-order chi connectivity index (χ0) is 11.3. The fourth-order valence-corrected chi connectivity index (χ4v) is 3.62. The normalized spacial score (nSPS) is 11.4. The zero-order valence-electron chi connectivity index (χ0n) is 7.67. The van der Waals surface area contributed by atoms with Crippen molar-refractivity contribution in [2.24, 2.45) is 0 Å². The average Bonchev–Trinajstić information content (AvgIpc) is 2.65. The van der Waals surface area contributed by atoms with Crippen LogP contribution in [0.1, 0.15) is 0 Å². The van der Waals surface area contributed by atoms with E-state index in [1.54, 1.807) is 0 Å². The van der Waals surface area contributed by atoms with E-state index in [4.69, 9.17) is 23.2 Å². The number of fused-ring (bicyclic) bond motifs is 3. The number of aromatic nitrogens is 2. The minimum absolute atomic E-state index is 0.471. The van der Waals surface area contributed by atoms with Gasteiger partial charge in [0.15, 0.2) is 0 Å². The number of hydrogen-bond acceptors (Lipinski definition) is 3. The second-order valence-electron chi connectivity index (χ2n) is 3.18. The molecule has 6 heteroatoms.